The maximum Gasteiger partial charge on any atom is 0.129 e. The fourth-order valence-corrected chi connectivity index (χ4v) is 2.28. The lowest BCUT2D eigenvalue weighted by Gasteiger charge is -2.23. The molecule has 3 heteroatoms. The van der Waals surface area contributed by atoms with Crippen molar-refractivity contribution in [1.29, 1.82) is 0 Å². The second-order valence-electron chi connectivity index (χ2n) is 4.74. The first-order valence-corrected chi connectivity index (χ1v) is 6.72. The molecule has 1 unspecified atom stereocenters. The summed E-state index contributed by atoms with van der Waals surface area (Å²) in [5.41, 5.74) is 1.33. The first kappa shape index (κ1) is 12.4. The number of nitrogens with zero attached hydrogens (tertiary/aromatic N) is 2. The van der Waals surface area contributed by atoms with Gasteiger partial charge in [-0.3, -0.25) is 0 Å². The van der Waals surface area contributed by atoms with Crippen LogP contribution in [0.5, 0.6) is 0 Å². The molecule has 1 saturated carbocycles. The maximum absolute atomic E-state index is 4.51. The molecule has 0 spiro atoms. The van der Waals surface area contributed by atoms with Gasteiger partial charge < -0.3 is 10.2 Å². The van der Waals surface area contributed by atoms with Crippen molar-refractivity contribution < 1.29 is 0 Å². The monoisotopic (exact) mass is 233 g/mol. The lowest BCUT2D eigenvalue weighted by Crippen LogP contribution is -2.26. The van der Waals surface area contributed by atoms with Crippen molar-refractivity contribution in [3.8, 4) is 0 Å². The van der Waals surface area contributed by atoms with Crippen LogP contribution in [0.4, 0.5) is 5.82 Å². The summed E-state index contributed by atoms with van der Waals surface area (Å²) in [5, 5.41) is 3.44. The molecule has 2 rings (SSSR count). The molecule has 1 atom stereocenters. The summed E-state index contributed by atoms with van der Waals surface area (Å²) in [5.74, 6) is 1.14. The molecule has 3 nitrogen and oxygen atoms in total. The van der Waals surface area contributed by atoms with Crippen LogP contribution in [-0.2, 0) is 0 Å². The summed E-state index contributed by atoms with van der Waals surface area (Å²) >= 11 is 0. The van der Waals surface area contributed by atoms with Gasteiger partial charge >= 0.3 is 0 Å². The molecule has 1 aromatic heterocycles. The Morgan fingerprint density at radius 2 is 2.24 bits per heavy atom. The third-order valence-electron chi connectivity index (χ3n) is 3.40. The molecule has 17 heavy (non-hydrogen) atoms. The predicted octanol–water partition coefficient (Wildman–Crippen LogP) is 2.74. The molecule has 1 aliphatic rings. The van der Waals surface area contributed by atoms with Gasteiger partial charge in [-0.05, 0) is 50.9 Å². The number of anilines is 1. The van der Waals surface area contributed by atoms with E-state index >= 15 is 0 Å². The van der Waals surface area contributed by atoms with Gasteiger partial charge in [0.05, 0.1) is 0 Å². The molecule has 1 aliphatic carbocycles. The molecule has 1 heterocycles. The number of aromatic nitrogens is 1. The van der Waals surface area contributed by atoms with Crippen LogP contribution in [0.15, 0.2) is 18.3 Å². The van der Waals surface area contributed by atoms with Crippen molar-refractivity contribution in [2.75, 3.05) is 18.0 Å². The van der Waals surface area contributed by atoms with Crippen LogP contribution in [0.3, 0.4) is 0 Å². The van der Waals surface area contributed by atoms with Gasteiger partial charge in [-0.15, -0.1) is 0 Å². The smallest absolute Gasteiger partial charge is 0.129 e. The van der Waals surface area contributed by atoms with Gasteiger partial charge in [0.1, 0.15) is 5.82 Å². The highest BCUT2D eigenvalue weighted by Crippen LogP contribution is 2.31. The van der Waals surface area contributed by atoms with Gasteiger partial charge in [-0.2, -0.15) is 0 Å². The Labute approximate surface area is 104 Å². The minimum absolute atomic E-state index is 0.402. The highest BCUT2D eigenvalue weighted by atomic mass is 15.2. The van der Waals surface area contributed by atoms with Crippen LogP contribution in [0.1, 0.15) is 45.2 Å². The van der Waals surface area contributed by atoms with E-state index in [1.54, 1.807) is 0 Å². The van der Waals surface area contributed by atoms with E-state index in [4.69, 9.17) is 0 Å². The van der Waals surface area contributed by atoms with Gasteiger partial charge in [0, 0.05) is 24.8 Å². The SMILES string of the molecule is CCNC(C)c1ccnc(N(CC)C2CC2)c1. The van der Waals surface area contributed by atoms with E-state index in [1.165, 1.54) is 18.4 Å². The maximum atomic E-state index is 4.51. The van der Waals surface area contributed by atoms with E-state index in [2.05, 4.69) is 48.1 Å². The van der Waals surface area contributed by atoms with Crippen LogP contribution in [0, 0.1) is 0 Å². The molecule has 1 N–H and O–H groups in total. The minimum atomic E-state index is 0.402. The Kier molecular flexibility index (Phi) is 4.00. The van der Waals surface area contributed by atoms with Crippen LogP contribution in [0.2, 0.25) is 0 Å². The highest BCUT2D eigenvalue weighted by molar-refractivity contribution is 5.44. The van der Waals surface area contributed by atoms with Crippen LogP contribution in [0.25, 0.3) is 0 Å². The number of rotatable bonds is 6. The van der Waals surface area contributed by atoms with Crippen LogP contribution >= 0.6 is 0 Å². The number of nitrogens with one attached hydrogen (secondary N) is 1. The predicted molar refractivity (Wildman–Crippen MR) is 72.4 cm³/mol. The molecule has 0 aliphatic heterocycles. The summed E-state index contributed by atoms with van der Waals surface area (Å²) in [4.78, 5) is 6.93. The van der Waals surface area contributed by atoms with Crippen molar-refractivity contribution in [3.05, 3.63) is 23.9 Å². The Morgan fingerprint density at radius 3 is 2.82 bits per heavy atom. The Hall–Kier alpha value is -1.09. The second kappa shape index (κ2) is 5.50. The normalized spacial score (nSPS) is 16.9. The summed E-state index contributed by atoms with van der Waals surface area (Å²) in [6.45, 7) is 8.60. The number of hydrogen-bond donors (Lipinski definition) is 1. The van der Waals surface area contributed by atoms with E-state index in [0.717, 1.165) is 24.9 Å². The lowest BCUT2D eigenvalue weighted by atomic mass is 10.1. The fourth-order valence-electron chi connectivity index (χ4n) is 2.28. The highest BCUT2D eigenvalue weighted by Gasteiger charge is 2.28. The summed E-state index contributed by atoms with van der Waals surface area (Å²) in [7, 11) is 0. The number of hydrogen-bond acceptors (Lipinski definition) is 3. The Balaban J connectivity index is 2.14. The van der Waals surface area contributed by atoms with Gasteiger partial charge in [-0.1, -0.05) is 6.92 Å². The van der Waals surface area contributed by atoms with E-state index in [-0.39, 0.29) is 0 Å². The van der Waals surface area contributed by atoms with E-state index in [1.807, 2.05) is 6.20 Å². The molecule has 0 saturated heterocycles. The molecule has 0 radical (unpaired) electrons. The topological polar surface area (TPSA) is 28.2 Å². The molecular formula is C14H23N3. The lowest BCUT2D eigenvalue weighted by molar-refractivity contribution is 0.597. The van der Waals surface area contributed by atoms with Crippen molar-refractivity contribution in [1.82, 2.24) is 10.3 Å². The van der Waals surface area contributed by atoms with Crippen molar-refractivity contribution >= 4 is 5.82 Å². The molecule has 94 valence electrons. The van der Waals surface area contributed by atoms with Crippen molar-refractivity contribution in [2.24, 2.45) is 0 Å². The fraction of sp³-hybridized carbons (Fsp3) is 0.643. The van der Waals surface area contributed by atoms with Crippen LogP contribution < -0.4 is 10.2 Å². The van der Waals surface area contributed by atoms with Gasteiger partial charge in [-0.25, -0.2) is 4.98 Å². The van der Waals surface area contributed by atoms with E-state index in [9.17, 15) is 0 Å². The largest absolute Gasteiger partial charge is 0.354 e. The third kappa shape index (κ3) is 2.97. The summed E-state index contributed by atoms with van der Waals surface area (Å²) < 4.78 is 0. The van der Waals surface area contributed by atoms with E-state index in [0.29, 0.717) is 6.04 Å². The quantitative estimate of drug-likeness (QED) is 0.819. The van der Waals surface area contributed by atoms with Crippen LogP contribution in [-0.4, -0.2) is 24.1 Å². The number of pyridine rings is 1. The van der Waals surface area contributed by atoms with E-state index < -0.39 is 0 Å². The average Bonchev–Trinajstić information content (AvgIpc) is 3.15. The molecular weight excluding hydrogens is 210 g/mol. The first-order chi connectivity index (χ1) is 8.26. The van der Waals surface area contributed by atoms with Gasteiger partial charge in [0.2, 0.25) is 0 Å². The van der Waals surface area contributed by atoms with Gasteiger partial charge in [0.15, 0.2) is 0 Å². The zero-order valence-electron chi connectivity index (χ0n) is 11.1. The molecule has 1 aromatic rings. The first-order valence-electron chi connectivity index (χ1n) is 6.72. The molecule has 1 fully saturated rings. The Morgan fingerprint density at radius 1 is 1.47 bits per heavy atom. The average molecular weight is 233 g/mol. The summed E-state index contributed by atoms with van der Waals surface area (Å²) in [6, 6.07) is 5.48. The zero-order chi connectivity index (χ0) is 12.3. The molecule has 0 amide bonds. The Bertz CT molecular complexity index is 360. The minimum Gasteiger partial charge on any atom is -0.354 e. The zero-order valence-corrected chi connectivity index (χ0v) is 11.1. The molecule has 0 aromatic carbocycles. The summed E-state index contributed by atoms with van der Waals surface area (Å²) in [6.07, 6.45) is 4.58. The van der Waals surface area contributed by atoms with Crippen molar-refractivity contribution in [2.45, 2.75) is 45.7 Å². The second-order valence-corrected chi connectivity index (χ2v) is 4.74. The third-order valence-corrected chi connectivity index (χ3v) is 3.40. The standard InChI is InChI=1S/C14H23N3/c1-4-15-11(3)12-8-9-16-14(10-12)17(5-2)13-6-7-13/h8-11,13,15H,4-7H2,1-3H3. The van der Waals surface area contributed by atoms with Gasteiger partial charge in [0.25, 0.3) is 0 Å². The van der Waals surface area contributed by atoms with Crippen molar-refractivity contribution in [3.63, 3.8) is 0 Å². The molecule has 0 bridgehead atoms.